The SMILES string of the molecule is COc1ccccc1-c1cc(Sc2cc(-c3ccccc3OC)c(C=CC(=O)N3CCC(N4CCCC4)CC3)c(Cl)c2Cl)c(Cl)c(Cl)c1C=CC(=O)N1CCC(N2CCCC2)CC1. The average Bonchev–Trinajstić information content (AvgIpc) is 4.08. The molecule has 4 aromatic rings. The molecule has 0 aromatic heterocycles. The van der Waals surface area contributed by atoms with Crippen LogP contribution in [-0.4, -0.2) is 110 Å². The van der Waals surface area contributed by atoms with Gasteiger partial charge in [0.05, 0.1) is 34.3 Å². The fourth-order valence-electron chi connectivity index (χ4n) is 9.64. The minimum atomic E-state index is -0.0605. The first-order chi connectivity index (χ1) is 30.6. The van der Waals surface area contributed by atoms with E-state index in [2.05, 4.69) is 9.80 Å². The number of rotatable bonds is 12. The maximum Gasteiger partial charge on any atom is 0.246 e. The summed E-state index contributed by atoms with van der Waals surface area (Å²) in [5.74, 6) is 1.15. The monoisotopic (exact) mass is 946 g/mol. The van der Waals surface area contributed by atoms with Gasteiger partial charge >= 0.3 is 0 Å². The summed E-state index contributed by atoms with van der Waals surface area (Å²) in [5, 5.41) is 1.17. The van der Waals surface area contributed by atoms with Crippen LogP contribution in [0.1, 0.15) is 62.5 Å². The molecule has 4 heterocycles. The average molecular weight is 949 g/mol. The third kappa shape index (κ3) is 10.3. The van der Waals surface area contributed by atoms with Gasteiger partial charge in [-0.1, -0.05) is 94.6 Å². The molecular formula is C50H54Cl4N4O4S. The molecule has 2 amide bonds. The molecule has 0 spiro atoms. The number of likely N-dealkylation sites (tertiary alicyclic amines) is 4. The smallest absolute Gasteiger partial charge is 0.246 e. The summed E-state index contributed by atoms with van der Waals surface area (Å²) >= 11 is 30.1. The minimum absolute atomic E-state index is 0.0605. The normalized spacial score (nSPS) is 18.3. The van der Waals surface area contributed by atoms with Gasteiger partial charge in [0.1, 0.15) is 11.5 Å². The van der Waals surface area contributed by atoms with E-state index in [4.69, 9.17) is 55.9 Å². The molecule has 0 N–H and O–H groups in total. The predicted molar refractivity (Wildman–Crippen MR) is 260 cm³/mol. The van der Waals surface area contributed by atoms with Crippen molar-refractivity contribution in [3.8, 4) is 33.8 Å². The van der Waals surface area contributed by atoms with Gasteiger partial charge in [-0.15, -0.1) is 0 Å². The number of amides is 2. The Kier molecular flexibility index (Phi) is 15.4. The number of para-hydroxylation sites is 2. The van der Waals surface area contributed by atoms with Crippen LogP contribution in [0.5, 0.6) is 11.5 Å². The lowest BCUT2D eigenvalue weighted by Gasteiger charge is -2.36. The number of nitrogens with zero attached hydrogens (tertiary/aromatic N) is 4. The van der Waals surface area contributed by atoms with Gasteiger partial charge in [-0.05, 0) is 125 Å². The highest BCUT2D eigenvalue weighted by Gasteiger charge is 2.30. The van der Waals surface area contributed by atoms with E-state index in [1.807, 2.05) is 70.5 Å². The first kappa shape index (κ1) is 45.9. The van der Waals surface area contributed by atoms with E-state index in [0.717, 1.165) is 100 Å². The third-order valence-corrected chi connectivity index (χ3v) is 16.2. The minimum Gasteiger partial charge on any atom is -0.496 e. The molecule has 0 saturated carbocycles. The molecule has 8 rings (SSSR count). The van der Waals surface area contributed by atoms with E-state index >= 15 is 0 Å². The summed E-state index contributed by atoms with van der Waals surface area (Å²) in [7, 11) is 3.25. The number of methoxy groups -OCH3 is 2. The Morgan fingerprint density at radius 3 is 1.27 bits per heavy atom. The van der Waals surface area contributed by atoms with Crippen LogP contribution in [0.3, 0.4) is 0 Å². The van der Waals surface area contributed by atoms with Crippen LogP contribution in [0, 0.1) is 0 Å². The lowest BCUT2D eigenvalue weighted by Crippen LogP contribution is -2.45. The molecule has 4 fully saturated rings. The zero-order chi connectivity index (χ0) is 44.0. The van der Waals surface area contributed by atoms with Crippen molar-refractivity contribution in [2.45, 2.75) is 73.2 Å². The Labute approximate surface area is 396 Å². The fraction of sp³-hybridized carbons (Fsp3) is 0.400. The molecule has 0 radical (unpaired) electrons. The Morgan fingerprint density at radius 2 is 0.905 bits per heavy atom. The van der Waals surface area contributed by atoms with Crippen LogP contribution in [-0.2, 0) is 9.59 Å². The predicted octanol–water partition coefficient (Wildman–Crippen LogP) is 12.0. The number of piperidine rings is 2. The van der Waals surface area contributed by atoms with Crippen molar-refractivity contribution in [3.05, 3.63) is 104 Å². The Balaban J connectivity index is 1.11. The van der Waals surface area contributed by atoms with Gasteiger partial charge in [-0.3, -0.25) is 9.59 Å². The Bertz CT molecular complexity index is 2200. The van der Waals surface area contributed by atoms with Crippen molar-refractivity contribution in [2.24, 2.45) is 0 Å². The van der Waals surface area contributed by atoms with Gasteiger partial charge in [0.25, 0.3) is 0 Å². The quantitative estimate of drug-likeness (QED) is 0.131. The van der Waals surface area contributed by atoms with E-state index in [1.54, 1.807) is 38.5 Å². The molecule has 0 aliphatic carbocycles. The molecule has 63 heavy (non-hydrogen) atoms. The molecule has 0 unspecified atom stereocenters. The van der Waals surface area contributed by atoms with Crippen molar-refractivity contribution >= 4 is 82.1 Å². The van der Waals surface area contributed by atoms with Crippen LogP contribution in [0.15, 0.2) is 82.6 Å². The van der Waals surface area contributed by atoms with Crippen molar-refractivity contribution in [1.82, 2.24) is 19.6 Å². The number of carbonyl (C=O) groups is 2. The summed E-state index contributed by atoms with van der Waals surface area (Å²) in [4.78, 5) is 37.5. The number of halogens is 4. The van der Waals surface area contributed by atoms with E-state index in [1.165, 1.54) is 37.4 Å². The maximum absolute atomic E-state index is 13.6. The van der Waals surface area contributed by atoms with E-state index < -0.39 is 0 Å². The van der Waals surface area contributed by atoms with Gasteiger partial charge in [0.15, 0.2) is 0 Å². The zero-order valence-electron chi connectivity index (χ0n) is 35.9. The fourth-order valence-corrected chi connectivity index (χ4v) is 11.8. The van der Waals surface area contributed by atoms with Crippen molar-refractivity contribution < 1.29 is 19.1 Å². The molecule has 13 heteroatoms. The number of hydrogen-bond acceptors (Lipinski definition) is 7. The lowest BCUT2D eigenvalue weighted by atomic mass is 9.98. The van der Waals surface area contributed by atoms with Gasteiger partial charge < -0.3 is 29.1 Å². The van der Waals surface area contributed by atoms with Crippen LogP contribution >= 0.6 is 58.2 Å². The van der Waals surface area contributed by atoms with Crippen LogP contribution in [0.25, 0.3) is 34.4 Å². The standard InChI is InChI=1S/C50H54Cl4N4O4S/c1-61-41-13-5-3-11-35(41)39-31-43(49(53)47(51)37(39)15-17-45(59)57-27-19-33(20-28-57)55-23-7-8-24-55)63-44-32-40(36-12-4-6-14-42(36)62-2)38(48(52)50(44)54)16-18-46(60)58-29-21-34(22-30-58)56-25-9-10-26-56/h3-6,11-18,31-34H,7-10,19-30H2,1-2H3. The van der Waals surface area contributed by atoms with Crippen LogP contribution in [0.4, 0.5) is 0 Å². The number of ether oxygens (including phenoxy) is 2. The van der Waals surface area contributed by atoms with Crippen molar-refractivity contribution in [3.63, 3.8) is 0 Å². The number of hydrogen-bond donors (Lipinski definition) is 0. The van der Waals surface area contributed by atoms with Gasteiger partial charge in [-0.2, -0.15) is 0 Å². The summed E-state index contributed by atoms with van der Waals surface area (Å²) < 4.78 is 11.6. The second-order valence-electron chi connectivity index (χ2n) is 16.7. The highest BCUT2D eigenvalue weighted by Crippen LogP contribution is 2.50. The second-order valence-corrected chi connectivity index (χ2v) is 19.3. The van der Waals surface area contributed by atoms with Crippen molar-refractivity contribution in [1.29, 1.82) is 0 Å². The second kappa shape index (κ2) is 21.1. The molecule has 0 bridgehead atoms. The number of carbonyl (C=O) groups excluding carboxylic acids is 2. The summed E-state index contributed by atoms with van der Waals surface area (Å²) in [5.41, 5.74) is 4.22. The summed E-state index contributed by atoms with van der Waals surface area (Å²) in [6.07, 6.45) is 15.7. The molecule has 0 atom stereocenters. The zero-order valence-corrected chi connectivity index (χ0v) is 39.7. The number of benzene rings is 4. The van der Waals surface area contributed by atoms with Crippen LogP contribution in [0.2, 0.25) is 20.1 Å². The molecule has 4 aliphatic heterocycles. The Hall–Kier alpha value is -3.67. The largest absolute Gasteiger partial charge is 0.496 e. The molecule has 4 aromatic carbocycles. The first-order valence-corrected chi connectivity index (χ1v) is 24.4. The van der Waals surface area contributed by atoms with Gasteiger partial charge in [-0.25, -0.2) is 0 Å². The highest BCUT2D eigenvalue weighted by atomic mass is 35.5. The molecular weight excluding hydrogens is 894 g/mol. The van der Waals surface area contributed by atoms with E-state index in [9.17, 15) is 9.59 Å². The third-order valence-electron chi connectivity index (χ3n) is 13.1. The molecule has 4 aliphatic rings. The highest BCUT2D eigenvalue weighted by molar-refractivity contribution is 7.99. The van der Waals surface area contributed by atoms with Gasteiger partial charge in [0, 0.05) is 82.5 Å². The first-order valence-electron chi connectivity index (χ1n) is 22.1. The molecule has 332 valence electrons. The van der Waals surface area contributed by atoms with E-state index in [0.29, 0.717) is 54.5 Å². The van der Waals surface area contributed by atoms with Crippen LogP contribution < -0.4 is 9.47 Å². The Morgan fingerprint density at radius 1 is 0.540 bits per heavy atom. The topological polar surface area (TPSA) is 65.6 Å². The maximum atomic E-state index is 13.6. The molecule has 4 saturated heterocycles. The van der Waals surface area contributed by atoms with Crippen molar-refractivity contribution in [2.75, 3.05) is 66.6 Å². The van der Waals surface area contributed by atoms with Gasteiger partial charge in [0.2, 0.25) is 11.8 Å². The summed E-state index contributed by atoms with van der Waals surface area (Å²) in [6.45, 7) is 7.50. The lowest BCUT2D eigenvalue weighted by molar-refractivity contribution is -0.128. The molecule has 8 nitrogen and oxygen atoms in total. The summed E-state index contributed by atoms with van der Waals surface area (Å²) in [6, 6.07) is 20.3. The van der Waals surface area contributed by atoms with E-state index in [-0.39, 0.29) is 21.9 Å².